The monoisotopic (exact) mass is 196 g/mol. The van der Waals surface area contributed by atoms with Crippen LogP contribution in [0.4, 0.5) is 4.79 Å². The van der Waals surface area contributed by atoms with Gasteiger partial charge in [-0.1, -0.05) is 0 Å². The third kappa shape index (κ3) is 2.63. The molecule has 0 bridgehead atoms. The van der Waals surface area contributed by atoms with Gasteiger partial charge in [-0.25, -0.2) is 9.59 Å². The number of nitrogens with one attached hydrogen (secondary N) is 1. The summed E-state index contributed by atoms with van der Waals surface area (Å²) in [5.41, 5.74) is 9.93. The molecule has 14 heavy (non-hydrogen) atoms. The van der Waals surface area contributed by atoms with Gasteiger partial charge in [0.15, 0.2) is 5.96 Å². The molecule has 1 amide bonds. The molecule has 5 N–H and O–H groups in total. The van der Waals surface area contributed by atoms with Gasteiger partial charge in [-0.3, -0.25) is 0 Å². The number of esters is 1. The minimum Gasteiger partial charge on any atom is -0.370 e. The van der Waals surface area contributed by atoms with Gasteiger partial charge in [0.2, 0.25) is 0 Å². The Balaban J connectivity index is 2.58. The van der Waals surface area contributed by atoms with Crippen molar-refractivity contribution in [1.82, 2.24) is 4.98 Å². The van der Waals surface area contributed by atoms with Crippen LogP contribution in [0.3, 0.4) is 0 Å². The molecule has 0 saturated carbocycles. The standard InChI is InChI=1S/C7H8N4O3/c8-6(9)11-7(13)14-5(12)4-2-1-3-10-4/h1-3,10H,(H4,8,9,11,13). The van der Waals surface area contributed by atoms with Gasteiger partial charge in [-0.2, -0.15) is 0 Å². The van der Waals surface area contributed by atoms with Gasteiger partial charge >= 0.3 is 12.1 Å². The van der Waals surface area contributed by atoms with Crippen LogP contribution < -0.4 is 11.5 Å². The van der Waals surface area contributed by atoms with Crippen LogP contribution in [0, 0.1) is 0 Å². The maximum absolute atomic E-state index is 11.1. The molecule has 0 aliphatic carbocycles. The molecule has 0 radical (unpaired) electrons. The number of carbonyl (C=O) groups is 2. The summed E-state index contributed by atoms with van der Waals surface area (Å²) in [4.78, 5) is 27.4. The van der Waals surface area contributed by atoms with Crippen molar-refractivity contribution in [2.24, 2.45) is 16.5 Å². The normalized spacial score (nSPS) is 9.14. The number of nitrogens with zero attached hydrogens (tertiary/aromatic N) is 1. The highest BCUT2D eigenvalue weighted by molar-refractivity contribution is 5.98. The number of rotatable bonds is 1. The molecule has 0 aliphatic heterocycles. The first kappa shape index (κ1) is 9.78. The molecule has 1 aromatic rings. The number of hydrogen-bond donors (Lipinski definition) is 3. The highest BCUT2D eigenvalue weighted by atomic mass is 16.6. The topological polar surface area (TPSA) is 124 Å². The van der Waals surface area contributed by atoms with E-state index in [1.165, 1.54) is 12.3 Å². The number of carbonyl (C=O) groups excluding carboxylic acids is 2. The summed E-state index contributed by atoms with van der Waals surface area (Å²) in [7, 11) is 0. The summed E-state index contributed by atoms with van der Waals surface area (Å²) in [6, 6.07) is 3.03. The Labute approximate surface area is 78.7 Å². The number of H-pyrrole nitrogens is 1. The molecule has 1 aromatic heterocycles. The maximum atomic E-state index is 11.1. The molecule has 0 saturated heterocycles. The smallest absolute Gasteiger partial charge is 0.370 e. The molecule has 0 spiro atoms. The molecule has 0 atom stereocenters. The Kier molecular flexibility index (Phi) is 2.85. The third-order valence-corrected chi connectivity index (χ3v) is 1.22. The molecule has 7 heteroatoms. The fourth-order valence-electron chi connectivity index (χ4n) is 0.720. The van der Waals surface area contributed by atoms with Crippen LogP contribution in [-0.2, 0) is 4.74 Å². The number of guanidine groups is 1. The van der Waals surface area contributed by atoms with E-state index in [1.807, 2.05) is 0 Å². The fourth-order valence-corrected chi connectivity index (χ4v) is 0.720. The number of ether oxygens (including phenoxy) is 1. The summed E-state index contributed by atoms with van der Waals surface area (Å²) in [5, 5.41) is 0. The molecular weight excluding hydrogens is 188 g/mol. The lowest BCUT2D eigenvalue weighted by Crippen LogP contribution is -2.25. The minimum atomic E-state index is -1.15. The molecule has 1 heterocycles. The van der Waals surface area contributed by atoms with Crippen molar-refractivity contribution in [3.63, 3.8) is 0 Å². The van der Waals surface area contributed by atoms with Crippen LogP contribution in [0.25, 0.3) is 0 Å². The number of hydrogen-bond acceptors (Lipinski definition) is 3. The van der Waals surface area contributed by atoms with Crippen molar-refractivity contribution < 1.29 is 14.3 Å². The third-order valence-electron chi connectivity index (χ3n) is 1.22. The fraction of sp³-hybridized carbons (Fsp3) is 0. The first-order valence-electron chi connectivity index (χ1n) is 3.59. The van der Waals surface area contributed by atoms with Crippen molar-refractivity contribution >= 4 is 18.0 Å². The molecule has 0 unspecified atom stereocenters. The van der Waals surface area contributed by atoms with Crippen molar-refractivity contribution in [2.45, 2.75) is 0 Å². The van der Waals surface area contributed by atoms with Gasteiger partial charge in [-0.15, -0.1) is 4.99 Å². The number of amides is 1. The Morgan fingerprint density at radius 2 is 2.14 bits per heavy atom. The Morgan fingerprint density at radius 1 is 1.43 bits per heavy atom. The zero-order valence-electron chi connectivity index (χ0n) is 7.06. The minimum absolute atomic E-state index is 0.143. The maximum Gasteiger partial charge on any atom is 0.444 e. The zero-order valence-corrected chi connectivity index (χ0v) is 7.06. The summed E-state index contributed by atoms with van der Waals surface area (Å²) >= 11 is 0. The summed E-state index contributed by atoms with van der Waals surface area (Å²) in [6.07, 6.45) is 0.367. The highest BCUT2D eigenvalue weighted by Crippen LogP contribution is 1.98. The van der Waals surface area contributed by atoms with Crippen molar-refractivity contribution in [3.8, 4) is 0 Å². The van der Waals surface area contributed by atoms with E-state index in [1.54, 1.807) is 6.07 Å². The lowest BCUT2D eigenvalue weighted by molar-refractivity contribution is 0.0633. The summed E-state index contributed by atoms with van der Waals surface area (Å²) in [5.74, 6) is -1.31. The van der Waals surface area contributed by atoms with Gasteiger partial charge in [0, 0.05) is 6.20 Å². The molecule has 1 rings (SSSR count). The first-order valence-corrected chi connectivity index (χ1v) is 3.59. The van der Waals surface area contributed by atoms with Crippen molar-refractivity contribution in [2.75, 3.05) is 0 Å². The molecule has 0 aliphatic rings. The number of aromatic amines is 1. The predicted octanol–water partition coefficient (Wildman–Crippen LogP) is -0.435. The van der Waals surface area contributed by atoms with Gasteiger partial charge in [0.1, 0.15) is 5.69 Å². The van der Waals surface area contributed by atoms with E-state index < -0.39 is 18.0 Å². The van der Waals surface area contributed by atoms with Crippen LogP contribution in [0.2, 0.25) is 0 Å². The van der Waals surface area contributed by atoms with Gasteiger partial charge in [0.05, 0.1) is 0 Å². The van der Waals surface area contributed by atoms with E-state index in [0.29, 0.717) is 0 Å². The van der Waals surface area contributed by atoms with Crippen LogP contribution >= 0.6 is 0 Å². The molecule has 0 fully saturated rings. The van der Waals surface area contributed by atoms with Crippen LogP contribution in [-0.4, -0.2) is 23.0 Å². The van der Waals surface area contributed by atoms with E-state index in [9.17, 15) is 9.59 Å². The van der Waals surface area contributed by atoms with Crippen LogP contribution in [0.1, 0.15) is 10.5 Å². The molecule has 0 aromatic carbocycles. The summed E-state index contributed by atoms with van der Waals surface area (Å²) in [6.45, 7) is 0. The number of nitrogens with two attached hydrogens (primary N) is 2. The quantitative estimate of drug-likeness (QED) is 0.243. The molecular formula is C7H8N4O3. The first-order chi connectivity index (χ1) is 6.59. The van der Waals surface area contributed by atoms with Crippen molar-refractivity contribution in [3.05, 3.63) is 24.0 Å². The van der Waals surface area contributed by atoms with Gasteiger partial charge in [0.25, 0.3) is 0 Å². The lowest BCUT2D eigenvalue weighted by Gasteiger charge is -1.96. The second-order valence-corrected chi connectivity index (χ2v) is 2.28. The predicted molar refractivity (Wildman–Crippen MR) is 47.4 cm³/mol. The van der Waals surface area contributed by atoms with Gasteiger partial charge in [-0.05, 0) is 12.1 Å². The van der Waals surface area contributed by atoms with E-state index in [4.69, 9.17) is 11.5 Å². The molecule has 7 nitrogen and oxygen atoms in total. The van der Waals surface area contributed by atoms with E-state index in [-0.39, 0.29) is 5.69 Å². The molecule has 74 valence electrons. The van der Waals surface area contributed by atoms with Crippen LogP contribution in [0.5, 0.6) is 0 Å². The second kappa shape index (κ2) is 4.08. The zero-order chi connectivity index (χ0) is 10.6. The highest BCUT2D eigenvalue weighted by Gasteiger charge is 2.12. The second-order valence-electron chi connectivity index (χ2n) is 2.28. The van der Waals surface area contributed by atoms with Crippen molar-refractivity contribution in [1.29, 1.82) is 0 Å². The van der Waals surface area contributed by atoms with E-state index >= 15 is 0 Å². The summed E-state index contributed by atoms with van der Waals surface area (Å²) < 4.78 is 4.25. The SMILES string of the molecule is NC(N)=NC(=O)OC(=O)c1ccc[nH]1. The van der Waals surface area contributed by atoms with E-state index in [2.05, 4.69) is 14.7 Å². The Bertz CT molecular complexity index is 364. The van der Waals surface area contributed by atoms with Gasteiger partial charge < -0.3 is 21.2 Å². The average molecular weight is 196 g/mol. The number of aromatic nitrogens is 1. The number of aliphatic imine (C=N–C) groups is 1. The Hall–Kier alpha value is -2.31. The Morgan fingerprint density at radius 3 is 2.64 bits per heavy atom. The average Bonchev–Trinajstić information content (AvgIpc) is 2.53. The lowest BCUT2D eigenvalue weighted by atomic mass is 10.4. The largest absolute Gasteiger partial charge is 0.444 e. The van der Waals surface area contributed by atoms with Crippen LogP contribution in [0.15, 0.2) is 23.3 Å². The van der Waals surface area contributed by atoms with E-state index in [0.717, 1.165) is 0 Å².